The molecule has 0 atom stereocenters. The molecule has 1 amide bonds. The molecule has 12 heteroatoms. The Morgan fingerprint density at radius 1 is 1.15 bits per heavy atom. The van der Waals surface area contributed by atoms with Crippen LogP contribution in [0.2, 0.25) is 5.02 Å². The van der Waals surface area contributed by atoms with Gasteiger partial charge in [-0.3, -0.25) is 19.7 Å². The lowest BCUT2D eigenvalue weighted by Crippen LogP contribution is -2.26. The number of nitro groups is 1. The Bertz CT molecular complexity index is 1260. The van der Waals surface area contributed by atoms with E-state index < -0.39 is 28.0 Å². The van der Waals surface area contributed by atoms with Crippen molar-refractivity contribution in [3.63, 3.8) is 0 Å². The summed E-state index contributed by atoms with van der Waals surface area (Å²) in [7, 11) is 0. The SMILES string of the molecule is O=Cc1cc([N+](=O)[O-])c(Nc2ccc(C(=O)NCCO)cc2)c(F)c1Nc1ccc(I)cc1Cl. The fourth-order valence-corrected chi connectivity index (χ4v) is 3.89. The number of amides is 1. The van der Waals surface area contributed by atoms with Gasteiger partial charge in [-0.2, -0.15) is 0 Å². The summed E-state index contributed by atoms with van der Waals surface area (Å²) in [4.78, 5) is 34.4. The van der Waals surface area contributed by atoms with Crippen molar-refractivity contribution >= 4 is 74.8 Å². The van der Waals surface area contributed by atoms with Gasteiger partial charge in [0.2, 0.25) is 0 Å². The number of halogens is 3. The number of hydrogen-bond donors (Lipinski definition) is 4. The molecule has 0 saturated heterocycles. The second kappa shape index (κ2) is 11.2. The number of anilines is 4. The van der Waals surface area contributed by atoms with Gasteiger partial charge in [-0.05, 0) is 65.1 Å². The Kier molecular flexibility index (Phi) is 8.36. The Morgan fingerprint density at radius 2 is 1.85 bits per heavy atom. The van der Waals surface area contributed by atoms with Crippen LogP contribution in [0.25, 0.3) is 0 Å². The molecule has 0 saturated carbocycles. The molecule has 9 nitrogen and oxygen atoms in total. The topological polar surface area (TPSA) is 134 Å². The van der Waals surface area contributed by atoms with E-state index in [1.54, 1.807) is 18.2 Å². The lowest BCUT2D eigenvalue weighted by Gasteiger charge is -2.16. The summed E-state index contributed by atoms with van der Waals surface area (Å²) < 4.78 is 16.4. The first-order valence-corrected chi connectivity index (χ1v) is 11.1. The largest absolute Gasteiger partial charge is 0.395 e. The van der Waals surface area contributed by atoms with Crippen LogP contribution in [0.3, 0.4) is 0 Å². The summed E-state index contributed by atoms with van der Waals surface area (Å²) in [5.41, 5.74) is -0.826. The van der Waals surface area contributed by atoms with Crippen LogP contribution in [0.1, 0.15) is 20.7 Å². The normalized spacial score (nSPS) is 10.5. The van der Waals surface area contributed by atoms with Crippen LogP contribution >= 0.6 is 34.2 Å². The lowest BCUT2D eigenvalue weighted by atomic mass is 10.1. The van der Waals surface area contributed by atoms with Gasteiger partial charge in [0.25, 0.3) is 11.6 Å². The number of aliphatic hydroxyl groups is 1. The number of carbonyl (C=O) groups is 2. The van der Waals surface area contributed by atoms with Gasteiger partial charge in [-0.25, -0.2) is 4.39 Å². The van der Waals surface area contributed by atoms with Crippen molar-refractivity contribution in [3.8, 4) is 0 Å². The molecule has 0 unspecified atom stereocenters. The summed E-state index contributed by atoms with van der Waals surface area (Å²) in [5.74, 6) is -1.48. The molecular formula is C22H17ClFIN4O5. The number of aldehydes is 1. The zero-order valence-corrected chi connectivity index (χ0v) is 20.2. The molecule has 0 aromatic heterocycles. The van der Waals surface area contributed by atoms with E-state index in [1.807, 2.05) is 0 Å². The fraction of sp³-hybridized carbons (Fsp3) is 0.0909. The van der Waals surface area contributed by atoms with E-state index in [2.05, 4.69) is 38.5 Å². The first-order valence-electron chi connectivity index (χ1n) is 9.69. The van der Waals surface area contributed by atoms with Crippen molar-refractivity contribution in [2.45, 2.75) is 0 Å². The molecule has 3 aromatic carbocycles. The van der Waals surface area contributed by atoms with E-state index in [0.29, 0.717) is 12.0 Å². The lowest BCUT2D eigenvalue weighted by molar-refractivity contribution is -0.384. The standard InChI is InChI=1S/C22H17ClFIN4O5/c23-16-10-14(25)3-6-17(16)28-20-13(11-31)9-18(29(33)34)21(19(20)24)27-15-4-1-12(2-5-15)22(32)26-7-8-30/h1-6,9-11,27-28,30H,7-8H2,(H,26,32). The van der Waals surface area contributed by atoms with Gasteiger partial charge < -0.3 is 21.1 Å². The third kappa shape index (κ3) is 5.79. The Hall–Kier alpha value is -3.29. The smallest absolute Gasteiger partial charge is 0.296 e. The van der Waals surface area contributed by atoms with Crippen LogP contribution < -0.4 is 16.0 Å². The predicted molar refractivity (Wildman–Crippen MR) is 135 cm³/mol. The van der Waals surface area contributed by atoms with E-state index >= 15 is 4.39 Å². The molecule has 4 N–H and O–H groups in total. The maximum Gasteiger partial charge on any atom is 0.296 e. The van der Waals surface area contributed by atoms with Crippen LogP contribution in [0.5, 0.6) is 0 Å². The molecule has 3 aromatic rings. The minimum atomic E-state index is -1.06. The Balaban J connectivity index is 2.00. The van der Waals surface area contributed by atoms with Gasteiger partial charge in [0.05, 0.1) is 27.9 Å². The van der Waals surface area contributed by atoms with Crippen LogP contribution in [0, 0.1) is 19.5 Å². The first-order chi connectivity index (χ1) is 16.2. The van der Waals surface area contributed by atoms with E-state index in [4.69, 9.17) is 16.7 Å². The number of benzene rings is 3. The molecule has 34 heavy (non-hydrogen) atoms. The molecule has 0 spiro atoms. The number of rotatable bonds is 9. The molecule has 0 aliphatic rings. The van der Waals surface area contributed by atoms with E-state index in [9.17, 15) is 19.7 Å². The maximum absolute atomic E-state index is 15.5. The van der Waals surface area contributed by atoms with Crippen molar-refractivity contribution in [2.75, 3.05) is 23.8 Å². The van der Waals surface area contributed by atoms with Crippen LogP contribution in [0.4, 0.5) is 32.8 Å². The monoisotopic (exact) mass is 598 g/mol. The second-order valence-electron chi connectivity index (χ2n) is 6.85. The molecule has 0 bridgehead atoms. The van der Waals surface area contributed by atoms with Gasteiger partial charge in [-0.15, -0.1) is 0 Å². The molecule has 0 fully saturated rings. The minimum Gasteiger partial charge on any atom is -0.395 e. The molecule has 0 aliphatic heterocycles. The minimum absolute atomic E-state index is 0.0830. The van der Waals surface area contributed by atoms with E-state index in [0.717, 1.165) is 9.64 Å². The highest BCUT2D eigenvalue weighted by molar-refractivity contribution is 14.1. The summed E-state index contributed by atoms with van der Waals surface area (Å²) in [6.07, 6.45) is 0.308. The number of aliphatic hydroxyl groups excluding tert-OH is 1. The highest BCUT2D eigenvalue weighted by Crippen LogP contribution is 2.39. The summed E-state index contributed by atoms with van der Waals surface area (Å²) in [5, 5.41) is 28.6. The first kappa shape index (κ1) is 25.3. The highest BCUT2D eigenvalue weighted by Gasteiger charge is 2.26. The number of nitrogens with one attached hydrogen (secondary N) is 3. The molecule has 176 valence electrons. The molecule has 3 rings (SSSR count). The third-order valence-corrected chi connectivity index (χ3v) is 5.59. The van der Waals surface area contributed by atoms with E-state index in [1.165, 1.54) is 24.3 Å². The fourth-order valence-electron chi connectivity index (χ4n) is 2.98. The molecular weight excluding hydrogens is 582 g/mol. The van der Waals surface area contributed by atoms with Crippen molar-refractivity contribution in [2.24, 2.45) is 0 Å². The zero-order valence-electron chi connectivity index (χ0n) is 17.3. The highest BCUT2D eigenvalue weighted by atomic mass is 127. The average Bonchev–Trinajstić information content (AvgIpc) is 2.81. The molecule has 0 aliphatic carbocycles. The van der Waals surface area contributed by atoms with Gasteiger partial charge >= 0.3 is 0 Å². The van der Waals surface area contributed by atoms with Gasteiger partial charge in [-0.1, -0.05) is 11.6 Å². The van der Waals surface area contributed by atoms with Crippen molar-refractivity contribution in [3.05, 3.63) is 84.2 Å². The quantitative estimate of drug-likeness (QED) is 0.118. The Labute approximate surface area is 211 Å². The molecule has 0 heterocycles. The predicted octanol–water partition coefficient (Wildman–Crippen LogP) is 5.01. The summed E-state index contributed by atoms with van der Waals surface area (Å²) in [6.45, 7) is -0.130. The second-order valence-corrected chi connectivity index (χ2v) is 8.51. The summed E-state index contributed by atoms with van der Waals surface area (Å²) >= 11 is 8.25. The number of nitrogens with zero attached hydrogens (tertiary/aromatic N) is 1. The van der Waals surface area contributed by atoms with Crippen LogP contribution in [0.15, 0.2) is 48.5 Å². The Morgan fingerprint density at radius 3 is 2.44 bits per heavy atom. The third-order valence-electron chi connectivity index (χ3n) is 4.60. The van der Waals surface area contributed by atoms with Gasteiger partial charge in [0.15, 0.2) is 17.8 Å². The van der Waals surface area contributed by atoms with Gasteiger partial charge in [0, 0.05) is 33.0 Å². The van der Waals surface area contributed by atoms with Gasteiger partial charge in [0.1, 0.15) is 0 Å². The van der Waals surface area contributed by atoms with Crippen molar-refractivity contribution in [1.82, 2.24) is 5.32 Å². The zero-order chi connectivity index (χ0) is 24.8. The number of nitro benzene ring substituents is 1. The number of carbonyl (C=O) groups excluding carboxylic acids is 2. The van der Waals surface area contributed by atoms with Crippen molar-refractivity contribution < 1.29 is 24.0 Å². The summed E-state index contributed by atoms with van der Waals surface area (Å²) in [6, 6.07) is 11.6. The maximum atomic E-state index is 15.5. The van der Waals surface area contributed by atoms with Crippen molar-refractivity contribution in [1.29, 1.82) is 0 Å². The van der Waals surface area contributed by atoms with E-state index in [-0.39, 0.29) is 40.7 Å². The van der Waals surface area contributed by atoms with Crippen LogP contribution in [-0.2, 0) is 0 Å². The number of hydrogen-bond acceptors (Lipinski definition) is 7. The molecule has 0 radical (unpaired) electrons. The van der Waals surface area contributed by atoms with Crippen LogP contribution in [-0.4, -0.2) is 35.4 Å². The average molecular weight is 599 g/mol.